The number of hydrogen-bond acceptors (Lipinski definition) is 5. The first-order valence-corrected chi connectivity index (χ1v) is 19.0. The normalized spacial score (nSPS) is 13.1. The van der Waals surface area contributed by atoms with Crippen LogP contribution in [0.1, 0.15) is 43.0 Å². The van der Waals surface area contributed by atoms with E-state index in [2.05, 4.69) is 165 Å². The average molecular weight is 719 g/mol. The van der Waals surface area contributed by atoms with E-state index >= 15 is 0 Å². The molecule has 9 aromatic rings. The SMILES string of the molecule is Cc1cc(C)c(N2CN(c3cccc(Oc4ccc5c6cc7c(cc6n(-c6cc(C(C)(C)C)ccn6)c5c4)oc4ccccc47)c3)c3ccccc32)c(C)c1. The molecule has 0 amide bonds. The molecule has 0 aliphatic carbocycles. The fourth-order valence-corrected chi connectivity index (χ4v) is 8.61. The van der Waals surface area contributed by atoms with E-state index in [9.17, 15) is 0 Å². The minimum atomic E-state index is -0.0353. The Morgan fingerprint density at radius 3 is 2.13 bits per heavy atom. The highest BCUT2D eigenvalue weighted by molar-refractivity contribution is 6.17. The van der Waals surface area contributed by atoms with Crippen LogP contribution in [0.3, 0.4) is 0 Å². The molecule has 4 heterocycles. The first kappa shape index (κ1) is 33.1. The third-order valence-corrected chi connectivity index (χ3v) is 11.1. The molecule has 0 unspecified atom stereocenters. The Hall–Kier alpha value is -6.53. The molecule has 6 nitrogen and oxygen atoms in total. The number of ether oxygens (including phenoxy) is 1. The Labute approximate surface area is 320 Å². The topological polar surface area (TPSA) is 46.7 Å². The molecule has 1 aliphatic rings. The molecular formula is C49H42N4O2. The van der Waals surface area contributed by atoms with Crippen molar-refractivity contribution < 1.29 is 9.15 Å². The van der Waals surface area contributed by atoms with Gasteiger partial charge in [-0.2, -0.15) is 0 Å². The van der Waals surface area contributed by atoms with Gasteiger partial charge < -0.3 is 19.0 Å². The van der Waals surface area contributed by atoms with Crippen LogP contribution < -0.4 is 14.5 Å². The summed E-state index contributed by atoms with van der Waals surface area (Å²) < 4.78 is 15.4. The summed E-state index contributed by atoms with van der Waals surface area (Å²) in [6.07, 6.45) is 1.91. The summed E-state index contributed by atoms with van der Waals surface area (Å²) in [7, 11) is 0. The predicted octanol–water partition coefficient (Wildman–Crippen LogP) is 13.3. The molecule has 0 spiro atoms. The maximum atomic E-state index is 6.73. The van der Waals surface area contributed by atoms with Crippen molar-refractivity contribution in [1.82, 2.24) is 9.55 Å². The van der Waals surface area contributed by atoms with Gasteiger partial charge in [0, 0.05) is 57.3 Å². The highest BCUT2D eigenvalue weighted by Gasteiger charge is 2.30. The molecule has 0 fully saturated rings. The van der Waals surface area contributed by atoms with Gasteiger partial charge in [0.05, 0.1) is 22.4 Å². The van der Waals surface area contributed by atoms with Gasteiger partial charge in [0.15, 0.2) is 0 Å². The Bertz CT molecular complexity index is 2960. The maximum Gasteiger partial charge on any atom is 0.137 e. The van der Waals surface area contributed by atoms with Gasteiger partial charge in [-0.05, 0) is 104 Å². The van der Waals surface area contributed by atoms with E-state index < -0.39 is 0 Å². The van der Waals surface area contributed by atoms with E-state index in [4.69, 9.17) is 14.1 Å². The molecule has 6 heteroatoms. The van der Waals surface area contributed by atoms with Gasteiger partial charge in [0.1, 0.15) is 35.2 Å². The molecule has 0 saturated carbocycles. The summed E-state index contributed by atoms with van der Waals surface area (Å²) in [5, 5.41) is 4.48. The van der Waals surface area contributed by atoms with E-state index in [1.165, 1.54) is 39.3 Å². The zero-order valence-corrected chi connectivity index (χ0v) is 32.0. The van der Waals surface area contributed by atoms with Crippen LogP contribution in [0, 0.1) is 20.8 Å². The van der Waals surface area contributed by atoms with Gasteiger partial charge in [-0.25, -0.2) is 4.98 Å². The lowest BCUT2D eigenvalue weighted by Gasteiger charge is -2.25. The molecule has 10 rings (SSSR count). The lowest BCUT2D eigenvalue weighted by Crippen LogP contribution is -2.25. The molecule has 0 atom stereocenters. The predicted molar refractivity (Wildman–Crippen MR) is 227 cm³/mol. The quantitative estimate of drug-likeness (QED) is 0.177. The monoisotopic (exact) mass is 718 g/mol. The number of anilines is 4. The Balaban J connectivity index is 1.07. The molecule has 0 bridgehead atoms. The second kappa shape index (κ2) is 12.3. The number of pyridine rings is 1. The van der Waals surface area contributed by atoms with E-state index in [0.717, 1.165) is 66.7 Å². The maximum absolute atomic E-state index is 6.73. The summed E-state index contributed by atoms with van der Waals surface area (Å²) in [6.45, 7) is 14.0. The van der Waals surface area contributed by atoms with Crippen molar-refractivity contribution >= 4 is 66.5 Å². The van der Waals surface area contributed by atoms with Crippen molar-refractivity contribution in [3.63, 3.8) is 0 Å². The van der Waals surface area contributed by atoms with Gasteiger partial charge >= 0.3 is 0 Å². The molecule has 6 aromatic carbocycles. The number of hydrogen-bond donors (Lipinski definition) is 0. The number of furan rings is 1. The largest absolute Gasteiger partial charge is 0.457 e. The summed E-state index contributed by atoms with van der Waals surface area (Å²) in [4.78, 5) is 9.73. The Morgan fingerprint density at radius 2 is 1.33 bits per heavy atom. The smallest absolute Gasteiger partial charge is 0.137 e. The first-order chi connectivity index (χ1) is 26.6. The number of nitrogens with zero attached hydrogens (tertiary/aromatic N) is 4. The van der Waals surface area contributed by atoms with Gasteiger partial charge in [0.2, 0.25) is 0 Å². The van der Waals surface area contributed by atoms with Crippen LogP contribution in [0.25, 0.3) is 49.6 Å². The van der Waals surface area contributed by atoms with Crippen LogP contribution in [-0.2, 0) is 5.41 Å². The van der Waals surface area contributed by atoms with E-state index in [0.29, 0.717) is 6.67 Å². The molecule has 3 aromatic heterocycles. The van der Waals surface area contributed by atoms with Crippen molar-refractivity contribution in [2.75, 3.05) is 16.5 Å². The summed E-state index contributed by atoms with van der Waals surface area (Å²) in [5.41, 5.74) is 13.5. The van der Waals surface area contributed by atoms with Crippen molar-refractivity contribution in [3.8, 4) is 17.3 Å². The van der Waals surface area contributed by atoms with E-state index in [1.54, 1.807) is 0 Å². The number of fused-ring (bicyclic) bond motifs is 7. The zero-order chi connectivity index (χ0) is 37.6. The first-order valence-electron chi connectivity index (χ1n) is 19.0. The van der Waals surface area contributed by atoms with Gasteiger partial charge in [-0.15, -0.1) is 0 Å². The van der Waals surface area contributed by atoms with Crippen LogP contribution in [0.15, 0.2) is 138 Å². The van der Waals surface area contributed by atoms with Gasteiger partial charge in [-0.3, -0.25) is 4.57 Å². The number of aromatic nitrogens is 2. The molecule has 0 N–H and O–H groups in total. The minimum Gasteiger partial charge on any atom is -0.457 e. The van der Waals surface area contributed by atoms with Crippen molar-refractivity contribution in [3.05, 3.63) is 156 Å². The van der Waals surface area contributed by atoms with Crippen molar-refractivity contribution in [1.29, 1.82) is 0 Å². The molecular weight excluding hydrogens is 677 g/mol. The lowest BCUT2D eigenvalue weighted by molar-refractivity contribution is 0.483. The number of aryl methyl sites for hydroxylation is 3. The summed E-state index contributed by atoms with van der Waals surface area (Å²) >= 11 is 0. The molecule has 55 heavy (non-hydrogen) atoms. The van der Waals surface area contributed by atoms with Crippen LogP contribution >= 0.6 is 0 Å². The third kappa shape index (κ3) is 5.43. The fraction of sp³-hybridized carbons (Fsp3) is 0.163. The van der Waals surface area contributed by atoms with E-state index in [-0.39, 0.29) is 5.41 Å². The number of para-hydroxylation sites is 3. The fourth-order valence-electron chi connectivity index (χ4n) is 8.61. The highest BCUT2D eigenvalue weighted by atomic mass is 16.5. The third-order valence-electron chi connectivity index (χ3n) is 11.1. The van der Waals surface area contributed by atoms with Crippen molar-refractivity contribution in [2.45, 2.75) is 47.0 Å². The van der Waals surface area contributed by atoms with Crippen LogP contribution in [0.4, 0.5) is 22.7 Å². The highest BCUT2D eigenvalue weighted by Crippen LogP contribution is 2.47. The number of benzene rings is 6. The van der Waals surface area contributed by atoms with Gasteiger partial charge in [0.25, 0.3) is 0 Å². The van der Waals surface area contributed by atoms with Crippen molar-refractivity contribution in [2.24, 2.45) is 0 Å². The minimum absolute atomic E-state index is 0.0353. The Kier molecular flexibility index (Phi) is 7.37. The average Bonchev–Trinajstić information content (AvgIpc) is 3.82. The summed E-state index contributed by atoms with van der Waals surface area (Å²) in [6, 6.07) is 45.0. The molecule has 1 aliphatic heterocycles. The van der Waals surface area contributed by atoms with Crippen LogP contribution in [-0.4, -0.2) is 16.2 Å². The number of rotatable bonds is 5. The molecule has 0 saturated heterocycles. The lowest BCUT2D eigenvalue weighted by atomic mass is 9.88. The van der Waals surface area contributed by atoms with E-state index in [1.807, 2.05) is 24.4 Å². The Morgan fingerprint density at radius 1 is 0.600 bits per heavy atom. The molecule has 270 valence electrons. The summed E-state index contributed by atoms with van der Waals surface area (Å²) in [5.74, 6) is 2.39. The van der Waals surface area contributed by atoms with Crippen LogP contribution in [0.5, 0.6) is 11.5 Å². The van der Waals surface area contributed by atoms with Crippen LogP contribution in [0.2, 0.25) is 0 Å². The second-order valence-electron chi connectivity index (χ2n) is 16.0. The second-order valence-corrected chi connectivity index (χ2v) is 16.0. The van der Waals surface area contributed by atoms with Gasteiger partial charge in [-0.1, -0.05) is 74.9 Å². The molecule has 0 radical (unpaired) electrons. The standard InChI is InChI=1S/C49H42N4O2/c1-30-22-31(2)48(32(3)23-30)52-29-51(41-15-8-9-16-42(41)52)34-12-11-13-35(25-34)54-36-18-19-37-39-27-40-38-14-7-10-17-45(38)55-46(40)28-44(39)53(43(37)26-36)47-24-33(20-21-50-47)49(4,5)6/h7-28H,29H2,1-6H3. The zero-order valence-electron chi connectivity index (χ0n) is 32.0.